The largest absolute Gasteiger partial charge is 0.368 e. The highest BCUT2D eigenvalue weighted by Gasteiger charge is 2.19. The van der Waals surface area contributed by atoms with Gasteiger partial charge in [0.15, 0.2) is 0 Å². The maximum Gasteiger partial charge on any atom is 0.261 e. The second-order valence-corrected chi connectivity index (χ2v) is 8.32. The minimum Gasteiger partial charge on any atom is -0.368 e. The Morgan fingerprint density at radius 2 is 1.36 bits per heavy atom. The van der Waals surface area contributed by atoms with Crippen molar-refractivity contribution in [3.8, 4) is 0 Å². The van der Waals surface area contributed by atoms with Crippen molar-refractivity contribution < 1.29 is 8.42 Å². The lowest BCUT2D eigenvalue weighted by molar-refractivity contribution is 0.601. The highest BCUT2D eigenvalue weighted by Crippen LogP contribution is 2.21. The zero-order chi connectivity index (χ0) is 19.4. The number of hydrogen-bond donors (Lipinski definition) is 1. The van der Waals surface area contributed by atoms with Crippen LogP contribution in [0, 0.1) is 0 Å². The number of sulfonamides is 1. The first-order valence-corrected chi connectivity index (χ1v) is 10.7. The van der Waals surface area contributed by atoms with Crippen molar-refractivity contribution >= 4 is 27.2 Å². The number of anilines is 3. The molecule has 144 valence electrons. The molecule has 7 heteroatoms. The molecular formula is C21H22N4O2S. The first-order chi connectivity index (χ1) is 13.6. The predicted molar refractivity (Wildman–Crippen MR) is 112 cm³/mol. The molecule has 0 bridgehead atoms. The van der Waals surface area contributed by atoms with Gasteiger partial charge in [0.1, 0.15) is 5.82 Å². The van der Waals surface area contributed by atoms with E-state index < -0.39 is 10.0 Å². The summed E-state index contributed by atoms with van der Waals surface area (Å²) in [5.41, 5.74) is 1.69. The molecule has 0 unspecified atom stereocenters. The molecule has 1 aromatic heterocycles. The summed E-state index contributed by atoms with van der Waals surface area (Å²) in [7, 11) is -3.60. The van der Waals surface area contributed by atoms with E-state index >= 15 is 0 Å². The van der Waals surface area contributed by atoms with Gasteiger partial charge in [-0.15, -0.1) is 0 Å². The molecule has 1 aliphatic heterocycles. The van der Waals surface area contributed by atoms with E-state index in [0.29, 0.717) is 5.69 Å². The molecule has 0 radical (unpaired) electrons. The molecule has 4 rings (SSSR count). The molecule has 1 aliphatic rings. The minimum atomic E-state index is -3.60. The Bertz CT molecular complexity index is 1000. The van der Waals surface area contributed by atoms with Crippen LogP contribution in [0.5, 0.6) is 0 Å². The maximum absolute atomic E-state index is 12.4. The van der Waals surface area contributed by atoms with E-state index in [9.17, 15) is 8.42 Å². The number of rotatable bonds is 5. The average Bonchev–Trinajstić information content (AvgIpc) is 2.75. The third-order valence-electron chi connectivity index (χ3n) is 4.78. The second-order valence-electron chi connectivity index (χ2n) is 6.63. The lowest BCUT2D eigenvalue weighted by Gasteiger charge is -2.36. The summed E-state index contributed by atoms with van der Waals surface area (Å²) in [4.78, 5) is 9.27. The number of piperazine rings is 1. The number of para-hydroxylation sites is 1. The van der Waals surface area contributed by atoms with E-state index in [2.05, 4.69) is 43.8 Å². The molecule has 1 saturated heterocycles. The van der Waals surface area contributed by atoms with Crippen LogP contribution in [-0.2, 0) is 10.0 Å². The maximum atomic E-state index is 12.4. The molecule has 0 amide bonds. The Kier molecular flexibility index (Phi) is 5.16. The van der Waals surface area contributed by atoms with Crippen molar-refractivity contribution in [1.82, 2.24) is 4.98 Å². The number of aromatic nitrogens is 1. The number of hydrogen-bond acceptors (Lipinski definition) is 5. The fourth-order valence-electron chi connectivity index (χ4n) is 3.28. The lowest BCUT2D eigenvalue weighted by atomic mass is 10.2. The van der Waals surface area contributed by atoms with Crippen LogP contribution in [0.3, 0.4) is 0 Å². The van der Waals surface area contributed by atoms with Crippen LogP contribution in [0.15, 0.2) is 83.9 Å². The van der Waals surface area contributed by atoms with Crippen molar-refractivity contribution in [2.24, 2.45) is 0 Å². The van der Waals surface area contributed by atoms with Crippen molar-refractivity contribution in [2.45, 2.75) is 4.90 Å². The van der Waals surface area contributed by atoms with E-state index in [0.717, 1.165) is 32.0 Å². The monoisotopic (exact) mass is 394 g/mol. The molecule has 28 heavy (non-hydrogen) atoms. The van der Waals surface area contributed by atoms with Crippen LogP contribution in [-0.4, -0.2) is 39.6 Å². The summed E-state index contributed by atoms with van der Waals surface area (Å²) in [5.74, 6) is 0.857. The quantitative estimate of drug-likeness (QED) is 0.720. The Labute approximate surface area is 165 Å². The van der Waals surface area contributed by atoms with Gasteiger partial charge >= 0.3 is 0 Å². The lowest BCUT2D eigenvalue weighted by Crippen LogP contribution is -2.46. The highest BCUT2D eigenvalue weighted by atomic mass is 32.2. The molecule has 0 aliphatic carbocycles. The number of benzene rings is 2. The minimum absolute atomic E-state index is 0.233. The Balaban J connectivity index is 1.39. The van der Waals surface area contributed by atoms with E-state index in [1.807, 2.05) is 12.1 Å². The third-order valence-corrected chi connectivity index (χ3v) is 6.18. The molecule has 1 fully saturated rings. The van der Waals surface area contributed by atoms with Gasteiger partial charge in [-0.1, -0.05) is 36.4 Å². The summed E-state index contributed by atoms with van der Waals surface area (Å²) in [6, 6.07) is 22.3. The molecule has 3 aromatic rings. The fourth-order valence-corrected chi connectivity index (χ4v) is 4.34. The fraction of sp³-hybridized carbons (Fsp3) is 0.190. The predicted octanol–water partition coefficient (Wildman–Crippen LogP) is 3.21. The zero-order valence-corrected chi connectivity index (χ0v) is 16.2. The number of nitrogens with zero attached hydrogens (tertiary/aromatic N) is 3. The zero-order valence-electron chi connectivity index (χ0n) is 15.4. The Morgan fingerprint density at radius 1 is 0.750 bits per heavy atom. The SMILES string of the molecule is O=S(=O)(Nc1ccc(N2CCN(c3ccccc3)CC2)nc1)c1ccccc1. The molecule has 1 N–H and O–H groups in total. The first kappa shape index (κ1) is 18.3. The van der Waals surface area contributed by atoms with Gasteiger partial charge in [0, 0.05) is 31.9 Å². The number of nitrogens with one attached hydrogen (secondary N) is 1. The topological polar surface area (TPSA) is 65.5 Å². The molecule has 0 saturated carbocycles. The van der Waals surface area contributed by atoms with Crippen LogP contribution >= 0.6 is 0 Å². The Morgan fingerprint density at radius 3 is 1.96 bits per heavy atom. The van der Waals surface area contributed by atoms with Gasteiger partial charge in [-0.25, -0.2) is 13.4 Å². The smallest absolute Gasteiger partial charge is 0.261 e. The van der Waals surface area contributed by atoms with Gasteiger partial charge < -0.3 is 9.80 Å². The Hall–Kier alpha value is -3.06. The van der Waals surface area contributed by atoms with Crippen LogP contribution in [0.4, 0.5) is 17.2 Å². The summed E-state index contributed by atoms with van der Waals surface area (Å²) in [6.07, 6.45) is 1.57. The van der Waals surface area contributed by atoms with Gasteiger partial charge in [-0.3, -0.25) is 4.72 Å². The summed E-state index contributed by atoms with van der Waals surface area (Å²) >= 11 is 0. The molecule has 2 heterocycles. The highest BCUT2D eigenvalue weighted by molar-refractivity contribution is 7.92. The molecule has 0 spiro atoms. The van der Waals surface area contributed by atoms with Crippen LogP contribution in [0.1, 0.15) is 0 Å². The summed E-state index contributed by atoms with van der Waals surface area (Å²) < 4.78 is 27.4. The molecule has 0 atom stereocenters. The van der Waals surface area contributed by atoms with E-state index in [-0.39, 0.29) is 4.90 Å². The molecular weight excluding hydrogens is 372 g/mol. The number of pyridine rings is 1. The van der Waals surface area contributed by atoms with Gasteiger partial charge in [-0.2, -0.15) is 0 Å². The van der Waals surface area contributed by atoms with Gasteiger partial charge in [0.25, 0.3) is 10.0 Å². The normalized spacial score (nSPS) is 14.7. The third kappa shape index (κ3) is 4.09. The van der Waals surface area contributed by atoms with Gasteiger partial charge in [0.05, 0.1) is 16.8 Å². The van der Waals surface area contributed by atoms with Crippen molar-refractivity contribution in [3.63, 3.8) is 0 Å². The van der Waals surface area contributed by atoms with Crippen molar-refractivity contribution in [1.29, 1.82) is 0 Å². The van der Waals surface area contributed by atoms with Crippen molar-refractivity contribution in [2.75, 3.05) is 40.7 Å². The molecule has 6 nitrogen and oxygen atoms in total. The molecule has 2 aromatic carbocycles. The summed E-state index contributed by atoms with van der Waals surface area (Å²) in [5, 5.41) is 0. The standard InChI is InChI=1S/C21H22N4O2S/c26-28(27,20-9-5-2-6-10-20)23-18-11-12-21(22-17-18)25-15-13-24(14-16-25)19-7-3-1-4-8-19/h1-12,17,23H,13-16H2. The van der Waals surface area contributed by atoms with Gasteiger partial charge in [-0.05, 0) is 36.4 Å². The van der Waals surface area contributed by atoms with E-state index in [4.69, 9.17) is 0 Å². The first-order valence-electron chi connectivity index (χ1n) is 9.21. The van der Waals surface area contributed by atoms with Crippen LogP contribution < -0.4 is 14.5 Å². The van der Waals surface area contributed by atoms with E-state index in [1.54, 1.807) is 42.6 Å². The van der Waals surface area contributed by atoms with Gasteiger partial charge in [0.2, 0.25) is 0 Å². The van der Waals surface area contributed by atoms with Crippen molar-refractivity contribution in [3.05, 3.63) is 79.0 Å². The average molecular weight is 395 g/mol. The van der Waals surface area contributed by atoms with E-state index in [1.165, 1.54) is 5.69 Å². The van der Waals surface area contributed by atoms with Crippen LogP contribution in [0.25, 0.3) is 0 Å². The second kappa shape index (κ2) is 7.90. The summed E-state index contributed by atoms with van der Waals surface area (Å²) in [6.45, 7) is 3.59. The van der Waals surface area contributed by atoms with Crippen LogP contribution in [0.2, 0.25) is 0 Å².